The van der Waals surface area contributed by atoms with Crippen molar-refractivity contribution in [2.24, 2.45) is 0 Å². The Morgan fingerprint density at radius 1 is 1.41 bits per heavy atom. The van der Waals surface area contributed by atoms with Crippen LogP contribution in [-0.4, -0.2) is 32.0 Å². The lowest BCUT2D eigenvalue weighted by Crippen LogP contribution is -2.20. The van der Waals surface area contributed by atoms with Crippen LogP contribution in [0.4, 0.5) is 0 Å². The smallest absolute Gasteiger partial charge is 0.179 e. The van der Waals surface area contributed by atoms with Gasteiger partial charge in [-0.15, -0.1) is 0 Å². The van der Waals surface area contributed by atoms with Crippen LogP contribution in [0, 0.1) is 0 Å². The summed E-state index contributed by atoms with van der Waals surface area (Å²) in [5.74, 6) is 1.25. The molecule has 2 rings (SSSR count). The van der Waals surface area contributed by atoms with Gasteiger partial charge in [-0.3, -0.25) is 0 Å². The Labute approximate surface area is 105 Å². The Hall–Kier alpha value is -0.970. The minimum atomic E-state index is -0.148. The van der Waals surface area contributed by atoms with Gasteiger partial charge >= 0.3 is 0 Å². The third kappa shape index (κ3) is 2.65. The van der Waals surface area contributed by atoms with E-state index >= 15 is 0 Å². The molecule has 1 heterocycles. The first-order valence-electron chi connectivity index (χ1n) is 5.63. The molecule has 1 atom stereocenters. The predicted octanol–water partition coefficient (Wildman–Crippen LogP) is 1.75. The molecule has 0 saturated heterocycles. The summed E-state index contributed by atoms with van der Waals surface area (Å²) in [5.41, 5.74) is 0.893. The molecule has 0 aromatic heterocycles. The van der Waals surface area contributed by atoms with Crippen LogP contribution in [0.3, 0.4) is 0 Å². The van der Waals surface area contributed by atoms with Crippen molar-refractivity contribution in [3.63, 3.8) is 0 Å². The van der Waals surface area contributed by atoms with Gasteiger partial charge in [0.25, 0.3) is 0 Å². The molecule has 1 aromatic rings. The van der Waals surface area contributed by atoms with Crippen LogP contribution in [0.1, 0.15) is 18.0 Å². The highest BCUT2D eigenvalue weighted by molar-refractivity contribution is 6.32. The van der Waals surface area contributed by atoms with E-state index in [1.165, 1.54) is 0 Å². The number of rotatable bonds is 3. The van der Waals surface area contributed by atoms with E-state index in [1.807, 2.05) is 6.07 Å². The molecule has 0 amide bonds. The lowest BCUT2D eigenvalue weighted by molar-refractivity contribution is 0.250. The van der Waals surface area contributed by atoms with Crippen molar-refractivity contribution in [3.05, 3.63) is 22.7 Å². The number of halogens is 1. The molecule has 2 N–H and O–H groups in total. The summed E-state index contributed by atoms with van der Waals surface area (Å²) in [5, 5.41) is 12.8. The molecular weight excluding hydrogens is 242 g/mol. The minimum absolute atomic E-state index is 0.00642. The summed E-state index contributed by atoms with van der Waals surface area (Å²) in [4.78, 5) is 0. The van der Waals surface area contributed by atoms with E-state index in [2.05, 4.69) is 5.32 Å². The van der Waals surface area contributed by atoms with E-state index in [-0.39, 0.29) is 12.6 Å². The number of aliphatic hydroxyl groups is 1. The number of fused-ring (bicyclic) bond motifs is 1. The van der Waals surface area contributed by atoms with Gasteiger partial charge < -0.3 is 19.9 Å². The van der Waals surface area contributed by atoms with Crippen molar-refractivity contribution in [2.45, 2.75) is 12.5 Å². The molecule has 0 bridgehead atoms. The predicted molar refractivity (Wildman–Crippen MR) is 65.9 cm³/mol. The second kappa shape index (κ2) is 5.58. The highest BCUT2D eigenvalue weighted by atomic mass is 35.5. The standard InChI is InChI=1S/C12H16ClNO3/c1-14-10(7-15)8-5-9(13)12-11(6-8)16-3-2-4-17-12/h5-6,10,14-15H,2-4,7H2,1H3. The molecule has 1 aliphatic heterocycles. The van der Waals surface area contributed by atoms with Crippen molar-refractivity contribution < 1.29 is 14.6 Å². The first-order valence-corrected chi connectivity index (χ1v) is 6.01. The zero-order valence-electron chi connectivity index (χ0n) is 9.70. The summed E-state index contributed by atoms with van der Waals surface area (Å²) < 4.78 is 11.1. The van der Waals surface area contributed by atoms with E-state index in [1.54, 1.807) is 13.1 Å². The fraction of sp³-hybridized carbons (Fsp3) is 0.500. The van der Waals surface area contributed by atoms with Crippen LogP contribution in [0.5, 0.6) is 11.5 Å². The van der Waals surface area contributed by atoms with E-state index in [4.69, 9.17) is 21.1 Å². The first-order chi connectivity index (χ1) is 8.26. The zero-order chi connectivity index (χ0) is 12.3. The molecule has 0 spiro atoms. The fourth-order valence-electron chi connectivity index (χ4n) is 1.82. The molecule has 0 fully saturated rings. The van der Waals surface area contributed by atoms with Gasteiger partial charge in [-0.05, 0) is 24.7 Å². The highest BCUT2D eigenvalue weighted by Crippen LogP contribution is 2.39. The molecule has 1 aromatic carbocycles. The Morgan fingerprint density at radius 2 is 2.18 bits per heavy atom. The van der Waals surface area contributed by atoms with E-state index < -0.39 is 0 Å². The summed E-state index contributed by atoms with van der Waals surface area (Å²) in [6.07, 6.45) is 0.843. The maximum Gasteiger partial charge on any atom is 0.179 e. The number of hydrogen-bond acceptors (Lipinski definition) is 4. The summed E-state index contributed by atoms with van der Waals surface area (Å²) in [6.45, 7) is 1.24. The van der Waals surface area contributed by atoms with E-state index in [9.17, 15) is 5.11 Å². The largest absolute Gasteiger partial charge is 0.489 e. The van der Waals surface area contributed by atoms with Crippen LogP contribution in [0.2, 0.25) is 5.02 Å². The molecule has 4 nitrogen and oxygen atoms in total. The third-order valence-corrected chi connectivity index (χ3v) is 3.04. The van der Waals surface area contributed by atoms with Gasteiger partial charge in [0.2, 0.25) is 0 Å². The topological polar surface area (TPSA) is 50.7 Å². The zero-order valence-corrected chi connectivity index (χ0v) is 10.5. The van der Waals surface area contributed by atoms with Crippen molar-refractivity contribution in [1.29, 1.82) is 0 Å². The maximum absolute atomic E-state index is 9.25. The van der Waals surface area contributed by atoms with Gasteiger partial charge in [-0.25, -0.2) is 0 Å². The first kappa shape index (κ1) is 12.5. The van der Waals surface area contributed by atoms with E-state index in [0.717, 1.165) is 12.0 Å². The van der Waals surface area contributed by atoms with Crippen LogP contribution >= 0.6 is 11.6 Å². The van der Waals surface area contributed by atoms with Crippen molar-refractivity contribution >= 4 is 11.6 Å². The normalized spacial score (nSPS) is 16.4. The van der Waals surface area contributed by atoms with Gasteiger partial charge in [0, 0.05) is 6.42 Å². The fourth-order valence-corrected chi connectivity index (χ4v) is 2.09. The lowest BCUT2D eigenvalue weighted by atomic mass is 10.1. The average Bonchev–Trinajstić information content (AvgIpc) is 2.56. The monoisotopic (exact) mass is 257 g/mol. The number of nitrogens with one attached hydrogen (secondary N) is 1. The van der Waals surface area contributed by atoms with Crippen molar-refractivity contribution in [2.75, 3.05) is 26.9 Å². The second-order valence-corrected chi connectivity index (χ2v) is 4.31. The molecule has 0 saturated carbocycles. The SMILES string of the molecule is CNC(CO)c1cc(Cl)c2c(c1)OCCCO2. The Kier molecular flexibility index (Phi) is 4.10. The van der Waals surface area contributed by atoms with Crippen LogP contribution in [0.25, 0.3) is 0 Å². The van der Waals surface area contributed by atoms with Gasteiger partial charge in [-0.1, -0.05) is 11.6 Å². The molecule has 0 aliphatic carbocycles. The van der Waals surface area contributed by atoms with E-state index in [0.29, 0.717) is 29.7 Å². The Bertz CT molecular complexity index is 394. The average molecular weight is 258 g/mol. The number of hydrogen-bond donors (Lipinski definition) is 2. The number of likely N-dealkylation sites (N-methyl/N-ethyl adjacent to an activating group) is 1. The van der Waals surface area contributed by atoms with Gasteiger partial charge in [-0.2, -0.15) is 0 Å². The van der Waals surface area contributed by atoms with Crippen molar-refractivity contribution in [3.8, 4) is 11.5 Å². The van der Waals surface area contributed by atoms with Gasteiger partial charge in [0.05, 0.1) is 30.9 Å². The van der Waals surface area contributed by atoms with Crippen LogP contribution in [0.15, 0.2) is 12.1 Å². The molecule has 17 heavy (non-hydrogen) atoms. The summed E-state index contributed by atoms with van der Waals surface area (Å²) in [6, 6.07) is 3.51. The third-order valence-electron chi connectivity index (χ3n) is 2.76. The maximum atomic E-state index is 9.25. The summed E-state index contributed by atoms with van der Waals surface area (Å²) >= 11 is 6.16. The molecule has 94 valence electrons. The van der Waals surface area contributed by atoms with Crippen LogP contribution in [-0.2, 0) is 0 Å². The van der Waals surface area contributed by atoms with Gasteiger partial charge in [0.15, 0.2) is 11.5 Å². The highest BCUT2D eigenvalue weighted by Gasteiger charge is 2.18. The molecule has 0 radical (unpaired) electrons. The van der Waals surface area contributed by atoms with Crippen LogP contribution < -0.4 is 14.8 Å². The lowest BCUT2D eigenvalue weighted by Gasteiger charge is -2.17. The Balaban J connectivity index is 2.38. The minimum Gasteiger partial charge on any atom is -0.489 e. The summed E-state index contributed by atoms with van der Waals surface area (Å²) in [7, 11) is 1.79. The molecule has 1 unspecified atom stereocenters. The molecule has 5 heteroatoms. The molecule has 1 aliphatic rings. The van der Waals surface area contributed by atoms with Crippen molar-refractivity contribution in [1.82, 2.24) is 5.32 Å². The Morgan fingerprint density at radius 3 is 2.88 bits per heavy atom. The number of ether oxygens (including phenoxy) is 2. The number of aliphatic hydroxyl groups excluding tert-OH is 1. The number of benzene rings is 1. The van der Waals surface area contributed by atoms with Gasteiger partial charge in [0.1, 0.15) is 0 Å². The quantitative estimate of drug-likeness (QED) is 0.866. The molecular formula is C12H16ClNO3. The second-order valence-electron chi connectivity index (χ2n) is 3.90.